The number of ether oxygens (including phenoxy) is 2. The zero-order valence-electron chi connectivity index (χ0n) is 16.8. The molecule has 1 aliphatic rings. The highest BCUT2D eigenvalue weighted by atomic mass is 16.6. The van der Waals surface area contributed by atoms with E-state index in [1.54, 1.807) is 12.0 Å². The maximum atomic E-state index is 12.3. The van der Waals surface area contributed by atoms with E-state index in [-0.39, 0.29) is 6.09 Å². The first-order chi connectivity index (χ1) is 13.3. The normalized spacial score (nSPS) is 14.7. The topological polar surface area (TPSA) is 93.8 Å². The molecule has 1 saturated heterocycles. The summed E-state index contributed by atoms with van der Waals surface area (Å²) in [4.78, 5) is 16.1. The van der Waals surface area contributed by atoms with Crippen LogP contribution in [0.1, 0.15) is 20.8 Å². The van der Waals surface area contributed by atoms with Crippen molar-refractivity contribution in [3.63, 3.8) is 0 Å². The molecule has 1 aliphatic heterocycles. The summed E-state index contributed by atoms with van der Waals surface area (Å²) in [6.07, 6.45) is -0.289. The molecule has 1 amide bonds. The number of para-hydroxylation sites is 1. The van der Waals surface area contributed by atoms with E-state index in [0.29, 0.717) is 37.7 Å². The van der Waals surface area contributed by atoms with Gasteiger partial charge >= 0.3 is 6.09 Å². The lowest BCUT2D eigenvalue weighted by atomic mass is 10.1. The maximum absolute atomic E-state index is 12.3. The molecule has 8 heteroatoms. The van der Waals surface area contributed by atoms with Crippen molar-refractivity contribution in [3.8, 4) is 17.0 Å². The number of nitrogens with two attached hydrogens (primary N) is 1. The molecular weight excluding hydrogens is 358 g/mol. The van der Waals surface area contributed by atoms with Crippen molar-refractivity contribution in [1.82, 2.24) is 15.1 Å². The quantitative estimate of drug-likeness (QED) is 0.868. The van der Waals surface area contributed by atoms with Gasteiger partial charge in [0.2, 0.25) is 0 Å². The van der Waals surface area contributed by atoms with Crippen molar-refractivity contribution < 1.29 is 14.3 Å². The van der Waals surface area contributed by atoms with Gasteiger partial charge in [-0.2, -0.15) is 0 Å². The van der Waals surface area contributed by atoms with Gasteiger partial charge in [-0.15, -0.1) is 10.2 Å². The van der Waals surface area contributed by atoms with E-state index >= 15 is 0 Å². The summed E-state index contributed by atoms with van der Waals surface area (Å²) < 4.78 is 10.9. The number of methoxy groups -OCH3 is 1. The van der Waals surface area contributed by atoms with Gasteiger partial charge in [0, 0.05) is 31.7 Å². The van der Waals surface area contributed by atoms with E-state index in [0.717, 1.165) is 17.0 Å². The van der Waals surface area contributed by atoms with E-state index < -0.39 is 5.60 Å². The number of hydrogen-bond acceptors (Lipinski definition) is 7. The lowest BCUT2D eigenvalue weighted by Crippen LogP contribution is -2.50. The molecule has 8 nitrogen and oxygen atoms in total. The van der Waals surface area contributed by atoms with Crippen molar-refractivity contribution in [1.29, 1.82) is 0 Å². The van der Waals surface area contributed by atoms with Crippen molar-refractivity contribution in [3.05, 3.63) is 30.3 Å². The van der Waals surface area contributed by atoms with E-state index in [9.17, 15) is 4.79 Å². The SMILES string of the molecule is COc1ccccc1-c1cc(N2CCN(C(=O)OC(C)(C)C)CC2)c(N)nn1. The number of amides is 1. The smallest absolute Gasteiger partial charge is 0.410 e. The molecule has 1 aromatic heterocycles. The number of piperazine rings is 1. The molecule has 1 aromatic carbocycles. The van der Waals surface area contributed by atoms with Gasteiger partial charge in [0.05, 0.1) is 18.5 Å². The van der Waals surface area contributed by atoms with Crippen LogP contribution in [0.2, 0.25) is 0 Å². The third-order valence-electron chi connectivity index (χ3n) is 4.46. The largest absolute Gasteiger partial charge is 0.496 e. The molecular formula is C20H27N5O3. The Morgan fingerprint density at radius 3 is 2.43 bits per heavy atom. The zero-order chi connectivity index (χ0) is 20.3. The average Bonchev–Trinajstić information content (AvgIpc) is 2.67. The second kappa shape index (κ2) is 7.92. The predicted octanol–water partition coefficient (Wildman–Crippen LogP) is 2.79. The number of carbonyl (C=O) groups excluding carboxylic acids is 1. The molecule has 150 valence electrons. The lowest BCUT2D eigenvalue weighted by molar-refractivity contribution is 0.0240. The fourth-order valence-corrected chi connectivity index (χ4v) is 3.09. The molecule has 0 saturated carbocycles. The Kier molecular flexibility index (Phi) is 5.58. The van der Waals surface area contributed by atoms with E-state index in [4.69, 9.17) is 15.2 Å². The molecule has 3 rings (SSSR count). The van der Waals surface area contributed by atoms with Crippen LogP contribution < -0.4 is 15.4 Å². The molecule has 2 heterocycles. The Labute approximate surface area is 165 Å². The molecule has 2 aromatic rings. The summed E-state index contributed by atoms with van der Waals surface area (Å²) in [5, 5.41) is 8.36. The Bertz CT molecular complexity index is 842. The minimum absolute atomic E-state index is 0.289. The predicted molar refractivity (Wildman–Crippen MR) is 108 cm³/mol. The van der Waals surface area contributed by atoms with E-state index in [1.165, 1.54) is 0 Å². The van der Waals surface area contributed by atoms with Gasteiger partial charge in [0.15, 0.2) is 5.82 Å². The monoisotopic (exact) mass is 385 g/mol. The summed E-state index contributed by atoms with van der Waals surface area (Å²) in [6.45, 7) is 7.99. The zero-order valence-corrected chi connectivity index (χ0v) is 16.8. The van der Waals surface area contributed by atoms with Crippen LogP contribution in [-0.4, -0.2) is 60.1 Å². The van der Waals surface area contributed by atoms with Crippen LogP contribution in [0.5, 0.6) is 5.75 Å². The molecule has 0 bridgehead atoms. The molecule has 2 N–H and O–H groups in total. The van der Waals surface area contributed by atoms with Crippen LogP contribution in [0.4, 0.5) is 16.3 Å². The average molecular weight is 385 g/mol. The summed E-state index contributed by atoms with van der Waals surface area (Å²) >= 11 is 0. The Morgan fingerprint density at radius 1 is 1.11 bits per heavy atom. The van der Waals surface area contributed by atoms with Crippen LogP contribution in [0, 0.1) is 0 Å². The maximum Gasteiger partial charge on any atom is 0.410 e. The first-order valence-electron chi connectivity index (χ1n) is 9.28. The van der Waals surface area contributed by atoms with E-state index in [2.05, 4.69) is 15.1 Å². The molecule has 0 spiro atoms. The molecule has 0 radical (unpaired) electrons. The fraction of sp³-hybridized carbons (Fsp3) is 0.450. The first kappa shape index (κ1) is 19.7. The van der Waals surface area contributed by atoms with Gasteiger partial charge in [-0.1, -0.05) is 12.1 Å². The highest BCUT2D eigenvalue weighted by Gasteiger charge is 2.27. The third-order valence-corrected chi connectivity index (χ3v) is 4.46. The first-order valence-corrected chi connectivity index (χ1v) is 9.28. The highest BCUT2D eigenvalue weighted by Crippen LogP contribution is 2.32. The number of rotatable bonds is 3. The summed E-state index contributed by atoms with van der Waals surface area (Å²) in [6, 6.07) is 9.57. The molecule has 0 unspecified atom stereocenters. The number of carbonyl (C=O) groups is 1. The van der Waals surface area contributed by atoms with Gasteiger partial charge in [-0.05, 0) is 39.0 Å². The molecule has 0 atom stereocenters. The number of anilines is 2. The van der Waals surface area contributed by atoms with Crippen LogP contribution in [0.3, 0.4) is 0 Å². The summed E-state index contributed by atoms with van der Waals surface area (Å²) in [5.41, 5.74) is 7.94. The van der Waals surface area contributed by atoms with Crippen LogP contribution in [-0.2, 0) is 4.74 Å². The second-order valence-corrected chi connectivity index (χ2v) is 7.65. The van der Waals surface area contributed by atoms with Crippen molar-refractivity contribution >= 4 is 17.6 Å². The standard InChI is InChI=1S/C20H27N5O3/c1-20(2,3)28-19(26)25-11-9-24(10-12-25)16-13-15(22-23-18(16)21)14-7-5-6-8-17(14)27-4/h5-8,13H,9-12H2,1-4H3,(H2,21,23). The van der Waals surface area contributed by atoms with Gasteiger partial charge in [-0.3, -0.25) is 0 Å². The molecule has 1 fully saturated rings. The van der Waals surface area contributed by atoms with Gasteiger partial charge < -0.3 is 25.0 Å². The van der Waals surface area contributed by atoms with Gasteiger partial charge in [0.1, 0.15) is 11.4 Å². The number of aromatic nitrogens is 2. The third kappa shape index (κ3) is 4.44. The van der Waals surface area contributed by atoms with Crippen LogP contribution in [0.15, 0.2) is 30.3 Å². The Hall–Kier alpha value is -3.03. The van der Waals surface area contributed by atoms with Crippen LogP contribution in [0.25, 0.3) is 11.3 Å². The second-order valence-electron chi connectivity index (χ2n) is 7.65. The lowest BCUT2D eigenvalue weighted by Gasteiger charge is -2.36. The minimum Gasteiger partial charge on any atom is -0.496 e. The van der Waals surface area contributed by atoms with Gasteiger partial charge in [-0.25, -0.2) is 4.79 Å². The van der Waals surface area contributed by atoms with Crippen LogP contribution >= 0.6 is 0 Å². The Balaban J connectivity index is 1.76. The van der Waals surface area contributed by atoms with E-state index in [1.807, 2.05) is 51.1 Å². The van der Waals surface area contributed by atoms with Crippen molar-refractivity contribution in [2.24, 2.45) is 0 Å². The molecule has 0 aliphatic carbocycles. The fourth-order valence-electron chi connectivity index (χ4n) is 3.09. The number of nitrogen functional groups attached to an aromatic ring is 1. The number of hydrogen-bond donors (Lipinski definition) is 1. The highest BCUT2D eigenvalue weighted by molar-refractivity contribution is 5.74. The Morgan fingerprint density at radius 2 is 1.79 bits per heavy atom. The number of nitrogens with zero attached hydrogens (tertiary/aromatic N) is 4. The minimum atomic E-state index is -0.503. The van der Waals surface area contributed by atoms with Gasteiger partial charge in [0.25, 0.3) is 0 Å². The van der Waals surface area contributed by atoms with Crippen molar-refractivity contribution in [2.45, 2.75) is 26.4 Å². The summed E-state index contributed by atoms with van der Waals surface area (Å²) in [7, 11) is 1.63. The molecule has 28 heavy (non-hydrogen) atoms. The summed E-state index contributed by atoms with van der Waals surface area (Å²) in [5.74, 6) is 1.09. The van der Waals surface area contributed by atoms with Crippen molar-refractivity contribution in [2.75, 3.05) is 43.9 Å². The number of benzene rings is 1.